The summed E-state index contributed by atoms with van der Waals surface area (Å²) in [5, 5.41) is 14.3. The Labute approximate surface area is 229 Å². The van der Waals surface area contributed by atoms with Crippen LogP contribution in [-0.2, 0) is 26.2 Å². The first kappa shape index (κ1) is 31.3. The van der Waals surface area contributed by atoms with E-state index in [0.717, 1.165) is 16.6 Å². The van der Waals surface area contributed by atoms with Crippen molar-refractivity contribution in [3.05, 3.63) is 58.1 Å². The van der Waals surface area contributed by atoms with Crippen molar-refractivity contribution in [3.8, 4) is 11.5 Å². The molecule has 2 rings (SSSR count). The van der Waals surface area contributed by atoms with Crippen LogP contribution in [0.3, 0.4) is 0 Å². The number of carbonyl (C=O) groups excluding carboxylic acids is 2. The van der Waals surface area contributed by atoms with Gasteiger partial charge < -0.3 is 19.7 Å². The lowest BCUT2D eigenvalue weighted by Gasteiger charge is -2.33. The SMILES string of the molecule is CC[C@@H](C)NC(=O)[C@H](CC)N(Cc1ccc(OC)cc1)C(=O)CN(c1cc([N+](=O)[O-])ccc1OC)S(C)(=O)=O. The average molecular weight is 565 g/mol. The molecule has 0 heterocycles. The van der Waals surface area contributed by atoms with E-state index in [0.29, 0.717) is 17.7 Å². The molecule has 0 unspecified atom stereocenters. The van der Waals surface area contributed by atoms with Crippen molar-refractivity contribution in [1.29, 1.82) is 0 Å². The monoisotopic (exact) mass is 564 g/mol. The van der Waals surface area contributed by atoms with Crippen molar-refractivity contribution in [2.75, 3.05) is 31.3 Å². The number of nitrogens with one attached hydrogen (secondary N) is 1. The zero-order chi connectivity index (χ0) is 29.3. The van der Waals surface area contributed by atoms with Gasteiger partial charge >= 0.3 is 0 Å². The molecule has 214 valence electrons. The van der Waals surface area contributed by atoms with Gasteiger partial charge in [-0.25, -0.2) is 8.42 Å². The Hall–Kier alpha value is -3.87. The van der Waals surface area contributed by atoms with Crippen LogP contribution < -0.4 is 19.1 Å². The number of ether oxygens (including phenoxy) is 2. The molecule has 39 heavy (non-hydrogen) atoms. The van der Waals surface area contributed by atoms with E-state index in [9.17, 15) is 28.1 Å². The molecule has 2 aromatic rings. The maximum atomic E-state index is 13.8. The summed E-state index contributed by atoms with van der Waals surface area (Å²) in [7, 11) is -1.30. The number of nitro benzene ring substituents is 1. The Bertz CT molecular complexity index is 1270. The Kier molecular flexibility index (Phi) is 11.1. The van der Waals surface area contributed by atoms with Crippen molar-refractivity contribution in [2.24, 2.45) is 0 Å². The first-order chi connectivity index (χ1) is 18.4. The van der Waals surface area contributed by atoms with Crippen molar-refractivity contribution in [2.45, 2.75) is 52.2 Å². The van der Waals surface area contributed by atoms with Crippen molar-refractivity contribution >= 4 is 33.2 Å². The number of rotatable bonds is 14. The van der Waals surface area contributed by atoms with Gasteiger partial charge in [0.15, 0.2) is 0 Å². The van der Waals surface area contributed by atoms with Gasteiger partial charge in [0.2, 0.25) is 21.8 Å². The van der Waals surface area contributed by atoms with Gasteiger partial charge in [-0.05, 0) is 43.5 Å². The van der Waals surface area contributed by atoms with Gasteiger partial charge in [-0.3, -0.25) is 24.0 Å². The average Bonchev–Trinajstić information content (AvgIpc) is 2.90. The number of carbonyl (C=O) groups is 2. The van der Waals surface area contributed by atoms with Gasteiger partial charge in [-0.2, -0.15) is 0 Å². The summed E-state index contributed by atoms with van der Waals surface area (Å²) in [6.07, 6.45) is 1.84. The van der Waals surface area contributed by atoms with Gasteiger partial charge in [-0.1, -0.05) is 26.0 Å². The zero-order valence-electron chi connectivity index (χ0n) is 23.0. The molecule has 2 amide bonds. The number of methoxy groups -OCH3 is 2. The van der Waals surface area contributed by atoms with E-state index >= 15 is 0 Å². The Balaban J connectivity index is 2.55. The largest absolute Gasteiger partial charge is 0.497 e. The third-order valence-electron chi connectivity index (χ3n) is 6.22. The number of anilines is 1. The third-order valence-corrected chi connectivity index (χ3v) is 7.35. The topological polar surface area (TPSA) is 148 Å². The second-order valence-electron chi connectivity index (χ2n) is 8.99. The highest BCUT2D eigenvalue weighted by Gasteiger charge is 2.33. The maximum Gasteiger partial charge on any atom is 0.271 e. The zero-order valence-corrected chi connectivity index (χ0v) is 23.9. The molecule has 0 aliphatic heterocycles. The lowest BCUT2D eigenvalue weighted by atomic mass is 10.1. The van der Waals surface area contributed by atoms with Gasteiger partial charge in [0, 0.05) is 24.7 Å². The van der Waals surface area contributed by atoms with Gasteiger partial charge in [0.05, 0.1) is 25.4 Å². The lowest BCUT2D eigenvalue weighted by molar-refractivity contribution is -0.384. The molecular formula is C26H36N4O8S. The molecule has 0 aliphatic rings. The van der Waals surface area contributed by atoms with Crippen LogP contribution in [0.25, 0.3) is 0 Å². The first-order valence-corrected chi connectivity index (χ1v) is 14.2. The van der Waals surface area contributed by atoms with Crippen molar-refractivity contribution in [3.63, 3.8) is 0 Å². The van der Waals surface area contributed by atoms with Gasteiger partial charge in [0.25, 0.3) is 5.69 Å². The van der Waals surface area contributed by atoms with Gasteiger partial charge in [-0.15, -0.1) is 0 Å². The molecule has 0 aliphatic carbocycles. The fraction of sp³-hybridized carbons (Fsp3) is 0.462. The van der Waals surface area contributed by atoms with E-state index in [2.05, 4.69) is 5.32 Å². The van der Waals surface area contributed by atoms with Crippen LogP contribution in [0.5, 0.6) is 11.5 Å². The molecule has 0 saturated carbocycles. The quantitative estimate of drug-likeness (QED) is 0.272. The highest BCUT2D eigenvalue weighted by molar-refractivity contribution is 7.92. The molecule has 12 nitrogen and oxygen atoms in total. The normalized spacial score (nSPS) is 12.7. The fourth-order valence-electron chi connectivity index (χ4n) is 3.87. The van der Waals surface area contributed by atoms with Gasteiger partial charge in [0.1, 0.15) is 29.8 Å². The number of amides is 2. The Morgan fingerprint density at radius 2 is 1.69 bits per heavy atom. The molecule has 0 aromatic heterocycles. The van der Waals surface area contributed by atoms with Crippen molar-refractivity contribution < 1.29 is 32.4 Å². The molecule has 0 saturated heterocycles. The number of hydrogen-bond donors (Lipinski definition) is 1. The van der Waals surface area contributed by atoms with E-state index < -0.39 is 33.4 Å². The summed E-state index contributed by atoms with van der Waals surface area (Å²) in [6.45, 7) is 4.83. The molecular weight excluding hydrogens is 528 g/mol. The van der Waals surface area contributed by atoms with Crippen LogP contribution in [0, 0.1) is 10.1 Å². The fourth-order valence-corrected chi connectivity index (χ4v) is 4.71. The Morgan fingerprint density at radius 3 is 2.18 bits per heavy atom. The summed E-state index contributed by atoms with van der Waals surface area (Å²) in [5.41, 5.74) is 0.156. The number of nitro groups is 1. The summed E-state index contributed by atoms with van der Waals surface area (Å²) in [4.78, 5) is 39.1. The first-order valence-electron chi connectivity index (χ1n) is 12.4. The summed E-state index contributed by atoms with van der Waals surface area (Å²) in [5.74, 6) is -0.398. The van der Waals surface area contributed by atoms with E-state index in [4.69, 9.17) is 9.47 Å². The minimum Gasteiger partial charge on any atom is -0.497 e. The number of nitrogens with zero attached hydrogens (tertiary/aromatic N) is 3. The second-order valence-corrected chi connectivity index (χ2v) is 10.9. The number of non-ortho nitro benzene ring substituents is 1. The molecule has 0 fully saturated rings. The highest BCUT2D eigenvalue weighted by Crippen LogP contribution is 2.34. The summed E-state index contributed by atoms with van der Waals surface area (Å²) < 4.78 is 36.9. The molecule has 0 radical (unpaired) electrons. The van der Waals surface area contributed by atoms with Crippen molar-refractivity contribution in [1.82, 2.24) is 10.2 Å². The van der Waals surface area contributed by atoms with Crippen LogP contribution in [0.4, 0.5) is 11.4 Å². The summed E-state index contributed by atoms with van der Waals surface area (Å²) in [6, 6.07) is 9.37. The molecule has 0 bridgehead atoms. The standard InChI is InChI=1S/C26H36N4O8S/c1-7-18(3)27-26(32)22(8-2)28(16-19-9-12-21(37-4)13-10-19)25(31)17-29(39(6,35)36)23-15-20(30(33)34)11-14-24(23)38-5/h9-15,18,22H,7-8,16-17H2,1-6H3,(H,27,32)/t18-,22+/m1/s1. The van der Waals surface area contributed by atoms with Crippen LogP contribution in [0.2, 0.25) is 0 Å². The van der Waals surface area contributed by atoms with E-state index in [1.807, 2.05) is 13.8 Å². The van der Waals surface area contributed by atoms with Crippen LogP contribution in [0.15, 0.2) is 42.5 Å². The predicted octanol–water partition coefficient (Wildman–Crippen LogP) is 3.10. The maximum absolute atomic E-state index is 13.8. The molecule has 13 heteroatoms. The number of hydrogen-bond acceptors (Lipinski definition) is 8. The molecule has 2 atom stereocenters. The number of sulfonamides is 1. The van der Waals surface area contributed by atoms with Crippen LogP contribution in [-0.4, -0.2) is 69.2 Å². The lowest BCUT2D eigenvalue weighted by Crippen LogP contribution is -2.53. The van der Waals surface area contributed by atoms with E-state index in [1.165, 1.54) is 31.3 Å². The smallest absolute Gasteiger partial charge is 0.271 e. The molecule has 2 aromatic carbocycles. The molecule has 1 N–H and O–H groups in total. The third kappa shape index (κ3) is 8.31. The van der Waals surface area contributed by atoms with Crippen LogP contribution >= 0.6 is 0 Å². The Morgan fingerprint density at radius 1 is 1.05 bits per heavy atom. The highest BCUT2D eigenvalue weighted by atomic mass is 32.2. The second kappa shape index (κ2) is 13.8. The van der Waals surface area contributed by atoms with E-state index in [-0.39, 0.29) is 42.0 Å². The molecule has 0 spiro atoms. The van der Waals surface area contributed by atoms with E-state index in [1.54, 1.807) is 31.2 Å². The minimum atomic E-state index is -4.11. The predicted molar refractivity (Wildman–Crippen MR) is 147 cm³/mol. The number of benzene rings is 2. The minimum absolute atomic E-state index is 0.0128. The summed E-state index contributed by atoms with van der Waals surface area (Å²) >= 11 is 0. The van der Waals surface area contributed by atoms with Crippen LogP contribution in [0.1, 0.15) is 39.2 Å².